The predicted octanol–water partition coefficient (Wildman–Crippen LogP) is 2.97. The Morgan fingerprint density at radius 1 is 1.12 bits per heavy atom. The minimum absolute atomic E-state index is 0.00384. The van der Waals surface area contributed by atoms with E-state index in [0.717, 1.165) is 16.0 Å². The van der Waals surface area contributed by atoms with Crippen LogP contribution in [0.25, 0.3) is 23.1 Å². The van der Waals surface area contributed by atoms with E-state index < -0.39 is 5.76 Å². The van der Waals surface area contributed by atoms with Crippen LogP contribution < -0.4 is 10.5 Å². The number of nitrogens with zero attached hydrogens (tertiary/aromatic N) is 4. The molecule has 0 radical (unpaired) electrons. The van der Waals surface area contributed by atoms with Gasteiger partial charge in [-0.05, 0) is 52.3 Å². The van der Waals surface area contributed by atoms with Crippen LogP contribution >= 0.6 is 15.9 Å². The molecular weight excluding hydrogens is 408 g/mol. The number of furan rings is 1. The van der Waals surface area contributed by atoms with Gasteiger partial charge >= 0.3 is 5.76 Å². The normalized spacial score (nSPS) is 11.0. The number of benzene rings is 1. The lowest BCUT2D eigenvalue weighted by atomic mass is 10.2. The van der Waals surface area contributed by atoms with Crippen LogP contribution in [0.4, 0.5) is 0 Å². The second kappa shape index (κ2) is 6.64. The van der Waals surface area contributed by atoms with Crippen molar-refractivity contribution in [1.82, 2.24) is 19.9 Å². The SMILES string of the molecule is COc1ccc(-c2nc(Cn3nc(-c4ccc(Br)o4)oc3=O)no2)cc1. The van der Waals surface area contributed by atoms with Crippen molar-refractivity contribution in [3.05, 3.63) is 57.4 Å². The summed E-state index contributed by atoms with van der Waals surface area (Å²) in [6, 6.07) is 10.5. The van der Waals surface area contributed by atoms with Crippen LogP contribution in [0.3, 0.4) is 0 Å². The van der Waals surface area contributed by atoms with Crippen LogP contribution in [-0.4, -0.2) is 27.0 Å². The molecule has 9 nitrogen and oxygen atoms in total. The first kappa shape index (κ1) is 16.3. The Hall–Kier alpha value is -3.14. The monoisotopic (exact) mass is 418 g/mol. The topological polar surface area (TPSA) is 109 Å². The molecule has 1 aromatic carbocycles. The molecule has 0 saturated carbocycles. The van der Waals surface area contributed by atoms with E-state index in [1.54, 1.807) is 43.5 Å². The minimum atomic E-state index is -0.650. The van der Waals surface area contributed by atoms with Crippen LogP contribution in [0.5, 0.6) is 5.75 Å². The van der Waals surface area contributed by atoms with E-state index in [1.807, 2.05) is 0 Å². The zero-order chi connectivity index (χ0) is 18.1. The van der Waals surface area contributed by atoms with Crippen molar-refractivity contribution < 1.29 is 18.1 Å². The Morgan fingerprint density at radius 3 is 2.62 bits per heavy atom. The largest absolute Gasteiger partial charge is 0.497 e. The summed E-state index contributed by atoms with van der Waals surface area (Å²) in [5, 5.41) is 7.95. The highest BCUT2D eigenvalue weighted by molar-refractivity contribution is 9.10. The molecule has 0 aliphatic heterocycles. The summed E-state index contributed by atoms with van der Waals surface area (Å²) >= 11 is 3.18. The first-order chi connectivity index (χ1) is 12.6. The Kier molecular flexibility index (Phi) is 4.17. The molecule has 0 N–H and O–H groups in total. The first-order valence-electron chi connectivity index (χ1n) is 7.43. The van der Waals surface area contributed by atoms with Gasteiger partial charge in [-0.15, -0.1) is 5.10 Å². The molecule has 0 fully saturated rings. The van der Waals surface area contributed by atoms with Gasteiger partial charge in [-0.3, -0.25) is 0 Å². The van der Waals surface area contributed by atoms with Crippen molar-refractivity contribution in [2.45, 2.75) is 6.54 Å². The second-order valence-electron chi connectivity index (χ2n) is 5.18. The van der Waals surface area contributed by atoms with Crippen molar-refractivity contribution in [1.29, 1.82) is 0 Å². The van der Waals surface area contributed by atoms with Crippen LogP contribution in [0, 0.1) is 0 Å². The maximum Gasteiger partial charge on any atom is 0.437 e. The molecule has 3 heterocycles. The molecule has 0 aliphatic rings. The maximum absolute atomic E-state index is 12.0. The fourth-order valence-electron chi connectivity index (χ4n) is 2.24. The van der Waals surface area contributed by atoms with Gasteiger partial charge < -0.3 is 18.1 Å². The summed E-state index contributed by atoms with van der Waals surface area (Å²) in [4.78, 5) is 16.2. The van der Waals surface area contributed by atoms with Crippen LogP contribution in [-0.2, 0) is 6.54 Å². The highest BCUT2D eigenvalue weighted by Gasteiger charge is 2.16. The van der Waals surface area contributed by atoms with Gasteiger partial charge in [0.25, 0.3) is 11.8 Å². The summed E-state index contributed by atoms with van der Waals surface area (Å²) in [5.41, 5.74) is 0.734. The lowest BCUT2D eigenvalue weighted by Gasteiger charge is -1.98. The standard InChI is InChI=1S/C16H11BrN4O5/c1-23-10-4-2-9(3-5-10)14-18-13(20-26-14)8-21-16(22)25-15(19-21)11-6-7-12(17)24-11/h2-7H,8H2,1H3. The summed E-state index contributed by atoms with van der Waals surface area (Å²) in [6.07, 6.45) is 0. The molecule has 0 amide bonds. The average Bonchev–Trinajstić information content (AvgIpc) is 3.37. The van der Waals surface area contributed by atoms with Gasteiger partial charge in [0.05, 0.1) is 7.11 Å². The number of rotatable bonds is 5. The van der Waals surface area contributed by atoms with Crippen molar-refractivity contribution in [2.75, 3.05) is 7.11 Å². The third-order valence-corrected chi connectivity index (χ3v) is 3.91. The van der Waals surface area contributed by atoms with E-state index in [2.05, 4.69) is 31.2 Å². The quantitative estimate of drug-likeness (QED) is 0.486. The zero-order valence-electron chi connectivity index (χ0n) is 13.4. The zero-order valence-corrected chi connectivity index (χ0v) is 15.0. The Bertz CT molecular complexity index is 1090. The molecule has 0 bridgehead atoms. The van der Waals surface area contributed by atoms with E-state index in [9.17, 15) is 4.79 Å². The minimum Gasteiger partial charge on any atom is -0.497 e. The van der Waals surface area contributed by atoms with Crippen molar-refractivity contribution >= 4 is 15.9 Å². The molecule has 0 unspecified atom stereocenters. The molecule has 0 aliphatic carbocycles. The van der Waals surface area contributed by atoms with Gasteiger partial charge in [0.2, 0.25) is 0 Å². The third-order valence-electron chi connectivity index (χ3n) is 3.49. The lowest BCUT2D eigenvalue weighted by molar-refractivity contribution is 0.412. The summed E-state index contributed by atoms with van der Waals surface area (Å²) in [6.45, 7) is 0.00384. The molecule has 0 atom stereocenters. The molecule has 4 aromatic rings. The Labute approximate surface area is 154 Å². The smallest absolute Gasteiger partial charge is 0.437 e. The molecule has 0 spiro atoms. The molecular formula is C16H11BrN4O5. The van der Waals surface area contributed by atoms with E-state index in [0.29, 0.717) is 22.1 Å². The van der Waals surface area contributed by atoms with Gasteiger partial charge in [0.15, 0.2) is 16.3 Å². The first-order valence-corrected chi connectivity index (χ1v) is 8.22. The van der Waals surface area contributed by atoms with Gasteiger partial charge in [-0.1, -0.05) is 5.16 Å². The van der Waals surface area contributed by atoms with Gasteiger partial charge in [0.1, 0.15) is 12.3 Å². The van der Waals surface area contributed by atoms with Gasteiger partial charge in [0, 0.05) is 5.56 Å². The van der Waals surface area contributed by atoms with Crippen LogP contribution in [0.2, 0.25) is 0 Å². The number of ether oxygens (including phenoxy) is 1. The van der Waals surface area contributed by atoms with Crippen molar-refractivity contribution in [3.63, 3.8) is 0 Å². The molecule has 26 heavy (non-hydrogen) atoms. The maximum atomic E-state index is 12.0. The number of halogens is 1. The van der Waals surface area contributed by atoms with Crippen LogP contribution in [0.1, 0.15) is 5.82 Å². The van der Waals surface area contributed by atoms with E-state index in [-0.39, 0.29) is 12.4 Å². The number of hydrogen-bond acceptors (Lipinski definition) is 8. The molecule has 3 aromatic heterocycles. The summed E-state index contributed by atoms with van der Waals surface area (Å²) < 4.78 is 22.3. The van der Waals surface area contributed by atoms with Crippen LogP contribution in [0.15, 0.2) is 59.2 Å². The highest BCUT2D eigenvalue weighted by atomic mass is 79.9. The fraction of sp³-hybridized carbons (Fsp3) is 0.125. The number of aromatic nitrogens is 4. The summed E-state index contributed by atoms with van der Waals surface area (Å²) in [7, 11) is 1.59. The van der Waals surface area contributed by atoms with E-state index in [4.69, 9.17) is 18.1 Å². The van der Waals surface area contributed by atoms with E-state index >= 15 is 0 Å². The van der Waals surface area contributed by atoms with Gasteiger partial charge in [-0.25, -0.2) is 4.79 Å². The second-order valence-corrected chi connectivity index (χ2v) is 5.96. The average molecular weight is 419 g/mol. The molecule has 4 rings (SSSR count). The van der Waals surface area contributed by atoms with E-state index in [1.165, 1.54) is 0 Å². The van der Waals surface area contributed by atoms with Crippen molar-refractivity contribution in [3.8, 4) is 28.9 Å². The van der Waals surface area contributed by atoms with Gasteiger partial charge in [-0.2, -0.15) is 9.67 Å². The third kappa shape index (κ3) is 3.18. The molecule has 132 valence electrons. The Morgan fingerprint density at radius 2 is 1.92 bits per heavy atom. The Balaban J connectivity index is 1.55. The molecule has 10 heteroatoms. The fourth-order valence-corrected chi connectivity index (χ4v) is 2.54. The summed E-state index contributed by atoms with van der Waals surface area (Å²) in [5.74, 6) is 1.09. The van der Waals surface area contributed by atoms with Crippen molar-refractivity contribution in [2.24, 2.45) is 0 Å². The predicted molar refractivity (Wildman–Crippen MR) is 91.6 cm³/mol. The molecule has 0 saturated heterocycles. The lowest BCUT2D eigenvalue weighted by Crippen LogP contribution is -2.17. The number of methoxy groups -OCH3 is 1. The highest BCUT2D eigenvalue weighted by Crippen LogP contribution is 2.23. The number of hydrogen-bond donors (Lipinski definition) is 0.